The predicted molar refractivity (Wildman–Crippen MR) is 63.0 cm³/mol. The summed E-state index contributed by atoms with van der Waals surface area (Å²) in [6.45, 7) is 1.77. The second-order valence-electron chi connectivity index (χ2n) is 3.81. The maximum Gasteiger partial charge on any atom is 0.131 e. The highest BCUT2D eigenvalue weighted by Crippen LogP contribution is 2.28. The Balaban J connectivity index is 2.60. The molecule has 1 N–H and O–H groups in total. The smallest absolute Gasteiger partial charge is 0.131 e. The summed E-state index contributed by atoms with van der Waals surface area (Å²) in [5, 5.41) is 18.4. The predicted octanol–water partition coefficient (Wildman–Crippen LogP) is 3.38. The van der Waals surface area contributed by atoms with Gasteiger partial charge in [0.15, 0.2) is 0 Å². The average Bonchev–Trinajstić information content (AvgIpc) is 2.33. The molecule has 17 heavy (non-hydrogen) atoms. The van der Waals surface area contributed by atoms with E-state index in [1.54, 1.807) is 19.1 Å². The summed E-state index contributed by atoms with van der Waals surface area (Å²) >= 11 is 0. The van der Waals surface area contributed by atoms with Crippen LogP contribution in [0.5, 0.6) is 5.75 Å². The molecule has 2 rings (SSSR count). The number of benzene rings is 2. The van der Waals surface area contributed by atoms with Gasteiger partial charge in [-0.15, -0.1) is 0 Å². The molecule has 0 aromatic heterocycles. The molecule has 0 aliphatic carbocycles. The van der Waals surface area contributed by atoms with Gasteiger partial charge in [0.05, 0.1) is 11.6 Å². The van der Waals surface area contributed by atoms with E-state index in [9.17, 15) is 9.50 Å². The van der Waals surface area contributed by atoms with Crippen LogP contribution >= 0.6 is 0 Å². The molecule has 0 saturated carbocycles. The number of phenols is 1. The van der Waals surface area contributed by atoms with Gasteiger partial charge in [-0.25, -0.2) is 4.39 Å². The van der Waals surface area contributed by atoms with Crippen LogP contribution in [0.4, 0.5) is 4.39 Å². The number of phenolic OH excluding ortho intramolecular Hbond substituents is 1. The van der Waals surface area contributed by atoms with Gasteiger partial charge in [-0.05, 0) is 42.3 Å². The third-order valence-electron chi connectivity index (χ3n) is 2.62. The summed E-state index contributed by atoms with van der Waals surface area (Å²) in [7, 11) is 0. The van der Waals surface area contributed by atoms with Crippen molar-refractivity contribution in [2.45, 2.75) is 6.92 Å². The second-order valence-corrected chi connectivity index (χ2v) is 3.81. The Kier molecular flexibility index (Phi) is 2.80. The Morgan fingerprint density at radius 1 is 1.18 bits per heavy atom. The maximum atomic E-state index is 13.6. The minimum Gasteiger partial charge on any atom is -0.508 e. The van der Waals surface area contributed by atoms with Gasteiger partial charge >= 0.3 is 0 Å². The van der Waals surface area contributed by atoms with Crippen molar-refractivity contribution in [1.29, 1.82) is 5.26 Å². The van der Waals surface area contributed by atoms with E-state index >= 15 is 0 Å². The SMILES string of the molecule is Cc1ccc(-c2cc(C#N)ccc2F)cc1O. The van der Waals surface area contributed by atoms with Crippen LogP contribution in [0.25, 0.3) is 11.1 Å². The normalized spacial score (nSPS) is 9.94. The molecule has 0 bridgehead atoms. The molecule has 2 aromatic rings. The van der Waals surface area contributed by atoms with Crippen LogP contribution in [0.1, 0.15) is 11.1 Å². The Labute approximate surface area is 98.6 Å². The minimum atomic E-state index is -0.410. The summed E-state index contributed by atoms with van der Waals surface area (Å²) < 4.78 is 13.6. The number of aryl methyl sites for hydroxylation is 1. The molecule has 0 fully saturated rings. The van der Waals surface area contributed by atoms with Gasteiger partial charge in [-0.2, -0.15) is 5.26 Å². The summed E-state index contributed by atoms with van der Waals surface area (Å²) in [4.78, 5) is 0. The van der Waals surface area contributed by atoms with Gasteiger partial charge in [0, 0.05) is 5.56 Å². The average molecular weight is 227 g/mol. The molecule has 0 spiro atoms. The maximum absolute atomic E-state index is 13.6. The zero-order valence-corrected chi connectivity index (χ0v) is 9.24. The van der Waals surface area contributed by atoms with E-state index in [1.807, 2.05) is 6.07 Å². The number of hydrogen-bond donors (Lipinski definition) is 1. The highest BCUT2D eigenvalue weighted by Gasteiger charge is 2.08. The number of nitrogens with zero attached hydrogens (tertiary/aromatic N) is 1. The number of aromatic hydroxyl groups is 1. The lowest BCUT2D eigenvalue weighted by molar-refractivity contribution is 0.471. The Morgan fingerprint density at radius 2 is 1.94 bits per heavy atom. The van der Waals surface area contributed by atoms with Crippen molar-refractivity contribution < 1.29 is 9.50 Å². The highest BCUT2D eigenvalue weighted by atomic mass is 19.1. The van der Waals surface area contributed by atoms with Crippen molar-refractivity contribution in [2.24, 2.45) is 0 Å². The van der Waals surface area contributed by atoms with Gasteiger partial charge in [-0.3, -0.25) is 0 Å². The number of rotatable bonds is 1. The van der Waals surface area contributed by atoms with Crippen molar-refractivity contribution in [1.82, 2.24) is 0 Å². The van der Waals surface area contributed by atoms with Crippen LogP contribution < -0.4 is 0 Å². The Hall–Kier alpha value is -2.34. The van der Waals surface area contributed by atoms with E-state index in [4.69, 9.17) is 5.26 Å². The van der Waals surface area contributed by atoms with Gasteiger partial charge in [0.2, 0.25) is 0 Å². The molecule has 0 atom stereocenters. The van der Waals surface area contributed by atoms with Crippen molar-refractivity contribution in [3.63, 3.8) is 0 Å². The molecule has 0 amide bonds. The molecular weight excluding hydrogens is 217 g/mol. The monoisotopic (exact) mass is 227 g/mol. The first kappa shape index (κ1) is 11.2. The van der Waals surface area contributed by atoms with E-state index in [2.05, 4.69) is 0 Å². The van der Waals surface area contributed by atoms with Crippen LogP contribution in [0.3, 0.4) is 0 Å². The van der Waals surface area contributed by atoms with Gasteiger partial charge < -0.3 is 5.11 Å². The van der Waals surface area contributed by atoms with Crippen LogP contribution in [0.15, 0.2) is 36.4 Å². The largest absolute Gasteiger partial charge is 0.508 e. The first-order chi connectivity index (χ1) is 8.11. The molecule has 0 heterocycles. The molecule has 0 aliphatic heterocycles. The lowest BCUT2D eigenvalue weighted by Crippen LogP contribution is -1.87. The van der Waals surface area contributed by atoms with Crippen molar-refractivity contribution in [3.05, 3.63) is 53.3 Å². The minimum absolute atomic E-state index is 0.115. The van der Waals surface area contributed by atoms with Gasteiger partial charge in [0.25, 0.3) is 0 Å². The molecule has 3 heteroatoms. The standard InChI is InChI=1S/C14H10FNO/c1-9-2-4-11(7-14(9)17)12-6-10(8-16)3-5-13(12)15/h2-7,17H,1H3. The fourth-order valence-corrected chi connectivity index (χ4v) is 1.59. The molecule has 0 unspecified atom stereocenters. The van der Waals surface area contributed by atoms with Gasteiger partial charge in [0.1, 0.15) is 11.6 Å². The molecular formula is C14H10FNO. The summed E-state index contributed by atoms with van der Waals surface area (Å²) in [6.07, 6.45) is 0. The van der Waals surface area contributed by atoms with Gasteiger partial charge in [-0.1, -0.05) is 12.1 Å². The molecule has 2 aromatic carbocycles. The lowest BCUT2D eigenvalue weighted by Gasteiger charge is -2.06. The zero-order chi connectivity index (χ0) is 12.4. The zero-order valence-electron chi connectivity index (χ0n) is 9.24. The van der Waals surface area contributed by atoms with E-state index in [0.29, 0.717) is 16.7 Å². The van der Waals surface area contributed by atoms with Crippen molar-refractivity contribution >= 4 is 0 Å². The number of halogens is 1. The van der Waals surface area contributed by atoms with E-state index in [1.165, 1.54) is 24.3 Å². The van der Waals surface area contributed by atoms with Crippen molar-refractivity contribution in [3.8, 4) is 22.9 Å². The third-order valence-corrected chi connectivity index (χ3v) is 2.62. The van der Waals surface area contributed by atoms with Crippen LogP contribution in [0, 0.1) is 24.1 Å². The molecule has 2 nitrogen and oxygen atoms in total. The lowest BCUT2D eigenvalue weighted by atomic mass is 10.0. The molecule has 84 valence electrons. The topological polar surface area (TPSA) is 44.0 Å². The number of hydrogen-bond acceptors (Lipinski definition) is 2. The Morgan fingerprint density at radius 3 is 2.59 bits per heavy atom. The second kappa shape index (κ2) is 4.26. The van der Waals surface area contributed by atoms with E-state index in [0.717, 1.165) is 5.56 Å². The fourth-order valence-electron chi connectivity index (χ4n) is 1.59. The van der Waals surface area contributed by atoms with E-state index < -0.39 is 5.82 Å². The summed E-state index contributed by atoms with van der Waals surface area (Å²) in [5.74, 6) is -0.295. The number of nitriles is 1. The van der Waals surface area contributed by atoms with Crippen LogP contribution in [-0.2, 0) is 0 Å². The van der Waals surface area contributed by atoms with Crippen LogP contribution in [-0.4, -0.2) is 5.11 Å². The fraction of sp³-hybridized carbons (Fsp3) is 0.0714. The summed E-state index contributed by atoms with van der Waals surface area (Å²) in [6, 6.07) is 11.0. The first-order valence-corrected chi connectivity index (χ1v) is 5.11. The quantitative estimate of drug-likeness (QED) is 0.811. The van der Waals surface area contributed by atoms with Crippen LogP contribution in [0.2, 0.25) is 0 Å². The Bertz CT molecular complexity index is 614. The molecule has 0 radical (unpaired) electrons. The highest BCUT2D eigenvalue weighted by molar-refractivity contribution is 5.68. The van der Waals surface area contributed by atoms with Crippen molar-refractivity contribution in [2.75, 3.05) is 0 Å². The van der Waals surface area contributed by atoms with E-state index in [-0.39, 0.29) is 5.75 Å². The molecule has 0 aliphatic rings. The third kappa shape index (κ3) is 2.11. The summed E-state index contributed by atoms with van der Waals surface area (Å²) in [5.41, 5.74) is 1.99. The molecule has 0 saturated heterocycles. The first-order valence-electron chi connectivity index (χ1n) is 5.11.